The van der Waals surface area contributed by atoms with E-state index >= 15 is 0 Å². The highest BCUT2D eigenvalue weighted by Crippen LogP contribution is 2.55. The number of amides is 2. The SMILES string of the molecule is COc1ccc2c(c1)[C@]1(SCCN1C(=O)c1cccs1)C(=O)N2Cc1ccccc1. The zero-order valence-electron chi connectivity index (χ0n) is 16.4. The molecule has 1 spiro atoms. The Bertz CT molecular complexity index is 1100. The van der Waals surface area contributed by atoms with Gasteiger partial charge in [-0.05, 0) is 35.2 Å². The quantitative estimate of drug-likeness (QED) is 0.610. The minimum atomic E-state index is -1.06. The summed E-state index contributed by atoms with van der Waals surface area (Å²) < 4.78 is 5.46. The lowest BCUT2D eigenvalue weighted by Gasteiger charge is -2.33. The molecule has 7 heteroatoms. The lowest BCUT2D eigenvalue weighted by Crippen LogP contribution is -2.50. The molecule has 3 aromatic rings. The van der Waals surface area contributed by atoms with Crippen molar-refractivity contribution in [1.29, 1.82) is 0 Å². The van der Waals surface area contributed by atoms with Gasteiger partial charge >= 0.3 is 0 Å². The van der Waals surface area contributed by atoms with Gasteiger partial charge in [-0.25, -0.2) is 0 Å². The van der Waals surface area contributed by atoms with Crippen molar-refractivity contribution in [3.63, 3.8) is 0 Å². The molecule has 5 rings (SSSR count). The van der Waals surface area contributed by atoms with Crippen LogP contribution in [0.1, 0.15) is 20.8 Å². The van der Waals surface area contributed by atoms with Gasteiger partial charge in [-0.15, -0.1) is 23.1 Å². The van der Waals surface area contributed by atoms with Gasteiger partial charge in [0.25, 0.3) is 11.8 Å². The number of thiophene rings is 1. The molecule has 2 aliphatic rings. The number of hydrogen-bond donors (Lipinski definition) is 0. The van der Waals surface area contributed by atoms with E-state index in [4.69, 9.17) is 4.74 Å². The largest absolute Gasteiger partial charge is 0.497 e. The maximum Gasteiger partial charge on any atom is 0.268 e. The summed E-state index contributed by atoms with van der Waals surface area (Å²) in [6, 6.07) is 19.3. The van der Waals surface area contributed by atoms with Gasteiger partial charge in [0, 0.05) is 17.9 Å². The highest BCUT2D eigenvalue weighted by Gasteiger charge is 2.59. The van der Waals surface area contributed by atoms with Gasteiger partial charge in [0.05, 0.1) is 24.2 Å². The van der Waals surface area contributed by atoms with Crippen LogP contribution in [0.2, 0.25) is 0 Å². The Kier molecular flexibility index (Phi) is 4.79. The highest BCUT2D eigenvalue weighted by atomic mass is 32.2. The lowest BCUT2D eigenvalue weighted by molar-refractivity contribution is -0.123. The Labute approximate surface area is 183 Å². The molecule has 0 aliphatic carbocycles. The summed E-state index contributed by atoms with van der Waals surface area (Å²) in [6.07, 6.45) is 0. The van der Waals surface area contributed by atoms with Crippen LogP contribution in [-0.2, 0) is 16.2 Å². The summed E-state index contributed by atoms with van der Waals surface area (Å²) in [7, 11) is 1.61. The smallest absolute Gasteiger partial charge is 0.268 e. The zero-order valence-corrected chi connectivity index (χ0v) is 18.0. The molecular weight excluding hydrogens is 416 g/mol. The van der Waals surface area contributed by atoms with Crippen LogP contribution >= 0.6 is 23.1 Å². The number of thioether (sulfide) groups is 1. The van der Waals surface area contributed by atoms with Crippen LogP contribution in [0, 0.1) is 0 Å². The number of fused-ring (bicyclic) bond motifs is 2. The summed E-state index contributed by atoms with van der Waals surface area (Å²) in [4.78, 5) is 30.5. The number of hydrogen-bond acceptors (Lipinski definition) is 5. The molecule has 1 atom stereocenters. The first kappa shape index (κ1) is 19.2. The third-order valence-electron chi connectivity index (χ3n) is 5.56. The van der Waals surface area contributed by atoms with Crippen molar-refractivity contribution in [3.8, 4) is 5.75 Å². The molecule has 2 aliphatic heterocycles. The Morgan fingerprint density at radius 1 is 1.13 bits per heavy atom. The van der Waals surface area contributed by atoms with Crippen LogP contribution in [0.3, 0.4) is 0 Å². The second-order valence-corrected chi connectivity index (χ2v) is 9.42. The van der Waals surface area contributed by atoms with Crippen LogP contribution in [-0.4, -0.2) is 36.1 Å². The number of carbonyl (C=O) groups excluding carboxylic acids is 2. The van der Waals surface area contributed by atoms with Gasteiger partial charge in [0.1, 0.15) is 5.75 Å². The Morgan fingerprint density at radius 3 is 2.70 bits per heavy atom. The average Bonchev–Trinajstić information content (AvgIpc) is 3.51. The Balaban J connectivity index is 1.63. The molecule has 0 saturated carbocycles. The van der Waals surface area contributed by atoms with Gasteiger partial charge in [0.2, 0.25) is 0 Å². The molecule has 0 radical (unpaired) electrons. The number of methoxy groups -OCH3 is 1. The first-order valence-electron chi connectivity index (χ1n) is 9.69. The van der Waals surface area contributed by atoms with E-state index in [0.29, 0.717) is 29.5 Å². The van der Waals surface area contributed by atoms with E-state index in [0.717, 1.165) is 16.8 Å². The van der Waals surface area contributed by atoms with Crippen molar-refractivity contribution in [2.24, 2.45) is 0 Å². The molecule has 0 N–H and O–H groups in total. The number of ether oxygens (including phenoxy) is 1. The monoisotopic (exact) mass is 436 g/mol. The fourth-order valence-corrected chi connectivity index (χ4v) is 6.30. The number of anilines is 1. The highest BCUT2D eigenvalue weighted by molar-refractivity contribution is 8.01. The molecule has 0 bridgehead atoms. The van der Waals surface area contributed by atoms with Gasteiger partial charge in [-0.2, -0.15) is 0 Å². The van der Waals surface area contributed by atoms with Crippen LogP contribution in [0.5, 0.6) is 5.75 Å². The summed E-state index contributed by atoms with van der Waals surface area (Å²) in [6.45, 7) is 0.991. The van der Waals surface area contributed by atoms with E-state index in [9.17, 15) is 9.59 Å². The minimum absolute atomic E-state index is 0.0676. The van der Waals surface area contributed by atoms with Crippen LogP contribution in [0.25, 0.3) is 0 Å². The Morgan fingerprint density at radius 2 is 1.97 bits per heavy atom. The molecule has 1 saturated heterocycles. The summed E-state index contributed by atoms with van der Waals surface area (Å²) in [5, 5.41) is 1.89. The predicted octanol–water partition coefficient (Wildman–Crippen LogP) is 4.35. The maximum absolute atomic E-state index is 13.9. The maximum atomic E-state index is 13.9. The average molecular weight is 437 g/mol. The van der Waals surface area contributed by atoms with Crippen LogP contribution in [0.4, 0.5) is 5.69 Å². The second kappa shape index (κ2) is 7.49. The van der Waals surface area contributed by atoms with E-state index < -0.39 is 4.87 Å². The molecule has 3 heterocycles. The van der Waals surface area contributed by atoms with Crippen molar-refractivity contribution >= 4 is 40.6 Å². The first-order valence-corrected chi connectivity index (χ1v) is 11.6. The van der Waals surface area contributed by atoms with E-state index in [-0.39, 0.29) is 11.8 Å². The molecule has 152 valence electrons. The van der Waals surface area contributed by atoms with Crippen molar-refractivity contribution in [2.75, 3.05) is 24.3 Å². The van der Waals surface area contributed by atoms with Gasteiger partial charge in [0.15, 0.2) is 4.87 Å². The Hall–Kier alpha value is -2.77. The number of benzene rings is 2. The zero-order chi connectivity index (χ0) is 20.7. The van der Waals surface area contributed by atoms with Gasteiger partial charge in [-0.3, -0.25) is 9.59 Å². The lowest BCUT2D eigenvalue weighted by atomic mass is 10.0. The van der Waals surface area contributed by atoms with E-state index in [1.54, 1.807) is 16.9 Å². The molecule has 0 unspecified atom stereocenters. The number of carbonyl (C=O) groups is 2. The van der Waals surface area contributed by atoms with E-state index in [1.807, 2.05) is 66.0 Å². The van der Waals surface area contributed by atoms with Crippen LogP contribution < -0.4 is 9.64 Å². The number of rotatable bonds is 4. The molecule has 2 amide bonds. The standard InChI is InChI=1S/C23H20N2O3S2/c1-28-17-9-10-19-18(14-17)23(22(27)24(19)15-16-6-3-2-4-7-16)25(11-13-30-23)21(26)20-8-5-12-29-20/h2-10,12,14H,11,13,15H2,1H3/t23-/m0/s1. The second-order valence-electron chi connectivity index (χ2n) is 7.19. The molecule has 1 aromatic heterocycles. The van der Waals surface area contributed by atoms with Crippen LogP contribution in [0.15, 0.2) is 66.0 Å². The minimum Gasteiger partial charge on any atom is -0.497 e. The van der Waals surface area contributed by atoms with Crippen molar-refractivity contribution < 1.29 is 14.3 Å². The topological polar surface area (TPSA) is 49.9 Å². The normalized spacial score (nSPS) is 20.1. The van der Waals surface area contributed by atoms with E-state index in [2.05, 4.69) is 0 Å². The van der Waals surface area contributed by atoms with Gasteiger partial charge < -0.3 is 14.5 Å². The van der Waals surface area contributed by atoms with Crippen molar-refractivity contribution in [3.05, 3.63) is 82.0 Å². The van der Waals surface area contributed by atoms with E-state index in [1.165, 1.54) is 23.1 Å². The fraction of sp³-hybridized carbons (Fsp3) is 0.217. The molecule has 30 heavy (non-hydrogen) atoms. The predicted molar refractivity (Wildman–Crippen MR) is 120 cm³/mol. The number of nitrogens with zero attached hydrogens (tertiary/aromatic N) is 2. The summed E-state index contributed by atoms with van der Waals surface area (Å²) >= 11 is 2.94. The molecule has 5 nitrogen and oxygen atoms in total. The first-order chi connectivity index (χ1) is 14.6. The van der Waals surface area contributed by atoms with Crippen molar-refractivity contribution in [1.82, 2.24) is 4.90 Å². The molecule has 2 aromatic carbocycles. The summed E-state index contributed by atoms with van der Waals surface area (Å²) in [5.74, 6) is 1.22. The molecule has 1 fully saturated rings. The summed E-state index contributed by atoms with van der Waals surface area (Å²) in [5.41, 5.74) is 2.71. The molecular formula is C23H20N2O3S2. The van der Waals surface area contributed by atoms with Gasteiger partial charge in [-0.1, -0.05) is 36.4 Å². The third kappa shape index (κ3) is 2.84. The fourth-order valence-electron chi connectivity index (χ4n) is 4.18. The van der Waals surface area contributed by atoms with Crippen molar-refractivity contribution in [2.45, 2.75) is 11.4 Å². The third-order valence-corrected chi connectivity index (χ3v) is 7.84.